The van der Waals surface area contributed by atoms with Gasteiger partial charge in [0.15, 0.2) is 11.6 Å². The third-order valence-corrected chi connectivity index (χ3v) is 5.41. The molecule has 0 fully saturated rings. The summed E-state index contributed by atoms with van der Waals surface area (Å²) in [5, 5.41) is 5.94. The zero-order valence-corrected chi connectivity index (χ0v) is 19.8. The van der Waals surface area contributed by atoms with Crippen molar-refractivity contribution >= 4 is 22.8 Å². The lowest BCUT2D eigenvalue weighted by Gasteiger charge is -2.11. The Morgan fingerprint density at radius 2 is 1.83 bits per heavy atom. The summed E-state index contributed by atoms with van der Waals surface area (Å²) in [5.74, 6) is -1.94. The average Bonchev–Trinajstić information content (AvgIpc) is 2.85. The summed E-state index contributed by atoms with van der Waals surface area (Å²) in [7, 11) is 3.98. The minimum Gasteiger partial charge on any atom is -0.367 e. The van der Waals surface area contributed by atoms with E-state index in [2.05, 4.69) is 30.5 Å². The largest absolute Gasteiger partial charge is 0.367 e. The molecule has 2 heterocycles. The Morgan fingerprint density at radius 3 is 2.61 bits per heavy atom. The summed E-state index contributed by atoms with van der Waals surface area (Å²) >= 11 is 0. The topological polar surface area (TPSA) is 105 Å². The van der Waals surface area contributed by atoms with E-state index in [1.54, 1.807) is 6.20 Å². The van der Waals surface area contributed by atoms with E-state index in [0.717, 1.165) is 40.9 Å². The highest BCUT2D eigenvalue weighted by atomic mass is 19.2. The number of carbonyl (C=O) groups is 1. The molecule has 0 aliphatic heterocycles. The van der Waals surface area contributed by atoms with Gasteiger partial charge in [0, 0.05) is 25.8 Å². The fourth-order valence-corrected chi connectivity index (χ4v) is 3.49. The molecule has 0 saturated carbocycles. The second-order valence-electron chi connectivity index (χ2n) is 8.48. The minimum absolute atomic E-state index is 0.0571. The molecule has 0 bridgehead atoms. The van der Waals surface area contributed by atoms with Crippen LogP contribution in [0.5, 0.6) is 0 Å². The van der Waals surface area contributed by atoms with Crippen LogP contribution in [0.25, 0.3) is 11.0 Å². The molecule has 36 heavy (non-hydrogen) atoms. The maximum absolute atomic E-state index is 13.5. The lowest BCUT2D eigenvalue weighted by Crippen LogP contribution is -2.33. The number of likely N-dealkylation sites (N-methyl/N-ethyl adjacent to an activating group) is 1. The van der Waals surface area contributed by atoms with Crippen LogP contribution >= 0.6 is 0 Å². The number of fused-ring (bicyclic) bond motifs is 1. The number of aromatic nitrogens is 4. The molecule has 0 aliphatic rings. The molecule has 2 N–H and O–H groups in total. The maximum atomic E-state index is 13.5. The predicted molar refractivity (Wildman–Crippen MR) is 132 cm³/mol. The molecule has 186 valence electrons. The standard InChI is InChI=1S/C25H25F2N7O2/c1-33(2)8-7-29-23-13-30-21-6-4-16(10-22(21)32-23)11-31-24(35)18-12-28-15-34(25(18)36)14-17-3-5-19(26)20(27)9-17/h3-6,9-10,12-13,15H,7-8,11,14H2,1-2H3,(H,29,32)(H,31,35). The van der Waals surface area contributed by atoms with E-state index in [9.17, 15) is 18.4 Å². The number of carbonyl (C=O) groups excluding carboxylic acids is 1. The Balaban J connectivity index is 1.44. The highest BCUT2D eigenvalue weighted by Crippen LogP contribution is 2.15. The van der Waals surface area contributed by atoms with Crippen molar-refractivity contribution in [2.24, 2.45) is 0 Å². The molecule has 1 amide bonds. The number of amides is 1. The first-order valence-corrected chi connectivity index (χ1v) is 11.2. The van der Waals surface area contributed by atoms with Crippen LogP contribution in [0.1, 0.15) is 21.5 Å². The third-order valence-electron chi connectivity index (χ3n) is 5.41. The molecule has 0 aliphatic carbocycles. The van der Waals surface area contributed by atoms with E-state index in [0.29, 0.717) is 16.9 Å². The predicted octanol–water partition coefficient (Wildman–Crippen LogP) is 2.42. The number of hydrogen-bond acceptors (Lipinski definition) is 7. The Hall–Kier alpha value is -4.25. The first-order chi connectivity index (χ1) is 17.3. The van der Waals surface area contributed by atoms with Gasteiger partial charge in [0.1, 0.15) is 11.4 Å². The van der Waals surface area contributed by atoms with Crippen LogP contribution in [0.2, 0.25) is 0 Å². The van der Waals surface area contributed by atoms with E-state index < -0.39 is 23.1 Å². The van der Waals surface area contributed by atoms with E-state index in [1.165, 1.54) is 18.6 Å². The maximum Gasteiger partial charge on any atom is 0.266 e. The number of anilines is 1. The van der Waals surface area contributed by atoms with Crippen LogP contribution in [0, 0.1) is 11.6 Å². The van der Waals surface area contributed by atoms with Gasteiger partial charge in [-0.15, -0.1) is 0 Å². The van der Waals surface area contributed by atoms with Crippen molar-refractivity contribution in [2.45, 2.75) is 13.1 Å². The van der Waals surface area contributed by atoms with Crippen LogP contribution < -0.4 is 16.2 Å². The molecule has 0 radical (unpaired) electrons. The lowest BCUT2D eigenvalue weighted by atomic mass is 10.2. The highest BCUT2D eigenvalue weighted by molar-refractivity contribution is 5.93. The lowest BCUT2D eigenvalue weighted by molar-refractivity contribution is 0.0948. The van der Waals surface area contributed by atoms with Gasteiger partial charge < -0.3 is 15.5 Å². The number of rotatable bonds is 9. The Morgan fingerprint density at radius 1 is 1.03 bits per heavy atom. The molecule has 0 unspecified atom stereocenters. The third kappa shape index (κ3) is 6.05. The SMILES string of the molecule is CN(C)CCNc1cnc2ccc(CNC(=O)c3cncn(Cc4ccc(F)c(F)c4)c3=O)cc2n1. The number of benzene rings is 2. The normalized spacial score (nSPS) is 11.1. The van der Waals surface area contributed by atoms with Crippen LogP contribution in [-0.4, -0.2) is 57.5 Å². The summed E-state index contributed by atoms with van der Waals surface area (Å²) in [6.07, 6.45) is 4.09. The van der Waals surface area contributed by atoms with Crippen molar-refractivity contribution in [1.82, 2.24) is 29.7 Å². The summed E-state index contributed by atoms with van der Waals surface area (Å²) in [4.78, 5) is 40.5. The van der Waals surface area contributed by atoms with Crippen LogP contribution in [0.15, 0.2) is 59.9 Å². The molecule has 4 rings (SSSR count). The smallest absolute Gasteiger partial charge is 0.266 e. The van der Waals surface area contributed by atoms with Gasteiger partial charge >= 0.3 is 0 Å². The first-order valence-electron chi connectivity index (χ1n) is 11.2. The zero-order chi connectivity index (χ0) is 25.7. The van der Waals surface area contributed by atoms with Crippen molar-refractivity contribution in [3.8, 4) is 0 Å². The van der Waals surface area contributed by atoms with Gasteiger partial charge in [-0.05, 0) is 49.5 Å². The molecular weight excluding hydrogens is 468 g/mol. The van der Waals surface area contributed by atoms with E-state index in [1.807, 2.05) is 32.3 Å². The second kappa shape index (κ2) is 11.0. The van der Waals surface area contributed by atoms with Crippen LogP contribution in [0.3, 0.4) is 0 Å². The molecule has 2 aromatic carbocycles. The molecular formula is C25H25F2N7O2. The quantitative estimate of drug-likeness (QED) is 0.369. The summed E-state index contributed by atoms with van der Waals surface area (Å²) < 4.78 is 27.8. The average molecular weight is 494 g/mol. The van der Waals surface area contributed by atoms with Crippen molar-refractivity contribution < 1.29 is 13.6 Å². The van der Waals surface area contributed by atoms with Gasteiger partial charge in [-0.25, -0.2) is 18.7 Å². The number of nitrogens with one attached hydrogen (secondary N) is 2. The number of nitrogens with zero attached hydrogens (tertiary/aromatic N) is 5. The van der Waals surface area contributed by atoms with Gasteiger partial charge in [-0.3, -0.25) is 19.1 Å². The Labute approximate surface area is 205 Å². The van der Waals surface area contributed by atoms with Crippen molar-refractivity contribution in [2.75, 3.05) is 32.5 Å². The van der Waals surface area contributed by atoms with Crippen LogP contribution in [0.4, 0.5) is 14.6 Å². The fraction of sp³-hybridized carbons (Fsp3) is 0.240. The minimum atomic E-state index is -1.01. The molecule has 11 heteroatoms. The van der Waals surface area contributed by atoms with Gasteiger partial charge in [0.25, 0.3) is 11.5 Å². The Kier molecular flexibility index (Phi) is 7.59. The zero-order valence-electron chi connectivity index (χ0n) is 19.8. The Bertz CT molecular complexity index is 1460. The molecule has 0 saturated heterocycles. The van der Waals surface area contributed by atoms with Gasteiger partial charge in [-0.2, -0.15) is 0 Å². The van der Waals surface area contributed by atoms with Crippen molar-refractivity contribution in [1.29, 1.82) is 0 Å². The molecule has 0 spiro atoms. The summed E-state index contributed by atoms with van der Waals surface area (Å²) in [6, 6.07) is 8.80. The van der Waals surface area contributed by atoms with E-state index in [-0.39, 0.29) is 18.7 Å². The summed E-state index contributed by atoms with van der Waals surface area (Å²) in [6.45, 7) is 1.68. The fourth-order valence-electron chi connectivity index (χ4n) is 3.49. The number of halogens is 2. The van der Waals surface area contributed by atoms with Crippen LogP contribution in [-0.2, 0) is 13.1 Å². The highest BCUT2D eigenvalue weighted by Gasteiger charge is 2.14. The number of hydrogen-bond donors (Lipinski definition) is 2. The van der Waals surface area contributed by atoms with Crippen molar-refractivity contribution in [3.63, 3.8) is 0 Å². The molecule has 2 aromatic heterocycles. The first kappa shape index (κ1) is 24.9. The van der Waals surface area contributed by atoms with E-state index >= 15 is 0 Å². The monoisotopic (exact) mass is 493 g/mol. The van der Waals surface area contributed by atoms with Gasteiger partial charge in [0.05, 0.1) is 30.1 Å². The van der Waals surface area contributed by atoms with Gasteiger partial charge in [0.2, 0.25) is 0 Å². The van der Waals surface area contributed by atoms with Crippen molar-refractivity contribution in [3.05, 3.63) is 93.8 Å². The summed E-state index contributed by atoms with van der Waals surface area (Å²) in [5.41, 5.74) is 1.78. The molecule has 9 nitrogen and oxygen atoms in total. The van der Waals surface area contributed by atoms with E-state index in [4.69, 9.17) is 0 Å². The second-order valence-corrected chi connectivity index (χ2v) is 8.48. The molecule has 0 atom stereocenters. The van der Waals surface area contributed by atoms with Gasteiger partial charge in [-0.1, -0.05) is 12.1 Å². The molecule has 4 aromatic rings.